The molecule has 0 aromatic heterocycles. The topological polar surface area (TPSA) is 12.4 Å². The SMILES string of the molecule is Cc1ccc(S/C=C/C(=Nc2ccccc2)c2ccc(Cl)cc2)cc1. The van der Waals surface area contributed by atoms with E-state index in [-0.39, 0.29) is 0 Å². The van der Waals surface area contributed by atoms with E-state index in [1.165, 1.54) is 10.5 Å². The highest BCUT2D eigenvalue weighted by Gasteiger charge is 2.01. The van der Waals surface area contributed by atoms with Gasteiger partial charge in [-0.05, 0) is 54.8 Å². The summed E-state index contributed by atoms with van der Waals surface area (Å²) in [6, 6.07) is 26.2. The van der Waals surface area contributed by atoms with Gasteiger partial charge < -0.3 is 0 Å². The predicted molar refractivity (Wildman–Crippen MR) is 110 cm³/mol. The average molecular weight is 364 g/mol. The fourth-order valence-electron chi connectivity index (χ4n) is 2.25. The van der Waals surface area contributed by atoms with Crippen LogP contribution >= 0.6 is 23.4 Å². The minimum absolute atomic E-state index is 0.723. The average Bonchev–Trinajstić information content (AvgIpc) is 2.64. The molecule has 0 spiro atoms. The summed E-state index contributed by atoms with van der Waals surface area (Å²) in [5, 5.41) is 2.79. The maximum Gasteiger partial charge on any atom is 0.0714 e. The molecule has 3 heteroatoms. The highest BCUT2D eigenvalue weighted by molar-refractivity contribution is 8.02. The number of benzene rings is 3. The van der Waals surface area contributed by atoms with E-state index in [4.69, 9.17) is 16.6 Å². The summed E-state index contributed by atoms with van der Waals surface area (Å²) in [5.74, 6) is 0. The molecule has 3 rings (SSSR count). The Balaban J connectivity index is 1.85. The second-order valence-corrected chi connectivity index (χ2v) is 6.99. The zero-order valence-corrected chi connectivity index (χ0v) is 15.5. The molecule has 3 aromatic rings. The van der Waals surface area contributed by atoms with Crippen LogP contribution in [0.3, 0.4) is 0 Å². The van der Waals surface area contributed by atoms with Crippen molar-refractivity contribution >= 4 is 34.8 Å². The number of allylic oxidation sites excluding steroid dienone is 1. The third-order valence-electron chi connectivity index (χ3n) is 3.60. The Bertz CT molecular complexity index is 866. The monoisotopic (exact) mass is 363 g/mol. The summed E-state index contributed by atoms with van der Waals surface area (Å²) in [7, 11) is 0. The van der Waals surface area contributed by atoms with Crippen LogP contribution in [-0.2, 0) is 0 Å². The summed E-state index contributed by atoms with van der Waals surface area (Å²) in [6.45, 7) is 2.09. The van der Waals surface area contributed by atoms with Crippen molar-refractivity contribution in [1.29, 1.82) is 0 Å². The molecular weight excluding hydrogens is 346 g/mol. The van der Waals surface area contributed by atoms with Crippen molar-refractivity contribution in [1.82, 2.24) is 0 Å². The molecule has 0 fully saturated rings. The molecule has 0 heterocycles. The second-order valence-electron chi connectivity index (χ2n) is 5.57. The van der Waals surface area contributed by atoms with Crippen LogP contribution in [0.5, 0.6) is 0 Å². The van der Waals surface area contributed by atoms with Gasteiger partial charge in [-0.15, -0.1) is 0 Å². The van der Waals surface area contributed by atoms with Gasteiger partial charge in [-0.2, -0.15) is 0 Å². The molecule has 1 nitrogen and oxygen atoms in total. The first-order valence-corrected chi connectivity index (χ1v) is 9.26. The van der Waals surface area contributed by atoms with Gasteiger partial charge in [0.15, 0.2) is 0 Å². The molecule has 0 aliphatic heterocycles. The summed E-state index contributed by atoms with van der Waals surface area (Å²) >= 11 is 7.69. The Morgan fingerprint density at radius 2 is 1.56 bits per heavy atom. The van der Waals surface area contributed by atoms with Crippen LogP contribution in [0.25, 0.3) is 0 Å². The van der Waals surface area contributed by atoms with Gasteiger partial charge in [0.25, 0.3) is 0 Å². The van der Waals surface area contributed by atoms with Crippen LogP contribution in [0.1, 0.15) is 11.1 Å². The molecule has 0 aliphatic carbocycles. The lowest BCUT2D eigenvalue weighted by atomic mass is 10.1. The Hall–Kier alpha value is -2.29. The molecular formula is C22H18ClNS. The highest BCUT2D eigenvalue weighted by atomic mass is 35.5. The lowest BCUT2D eigenvalue weighted by molar-refractivity contribution is 1.38. The Morgan fingerprint density at radius 3 is 2.24 bits per heavy atom. The number of nitrogens with zero attached hydrogens (tertiary/aromatic N) is 1. The maximum atomic E-state index is 6.01. The largest absolute Gasteiger partial charge is 0.248 e. The van der Waals surface area contributed by atoms with Crippen LogP contribution in [-0.4, -0.2) is 5.71 Å². The van der Waals surface area contributed by atoms with Crippen molar-refractivity contribution in [3.63, 3.8) is 0 Å². The first kappa shape index (κ1) is 17.5. The van der Waals surface area contributed by atoms with Crippen LogP contribution in [0.15, 0.2) is 100 Å². The van der Waals surface area contributed by atoms with E-state index >= 15 is 0 Å². The number of aliphatic imine (C=N–C) groups is 1. The van der Waals surface area contributed by atoms with Gasteiger partial charge in [0, 0.05) is 15.5 Å². The lowest BCUT2D eigenvalue weighted by Gasteiger charge is -2.03. The molecule has 0 N–H and O–H groups in total. The number of thioether (sulfide) groups is 1. The van der Waals surface area contributed by atoms with Crippen molar-refractivity contribution < 1.29 is 0 Å². The van der Waals surface area contributed by atoms with E-state index < -0.39 is 0 Å². The molecule has 3 aromatic carbocycles. The van der Waals surface area contributed by atoms with Crippen molar-refractivity contribution in [2.45, 2.75) is 11.8 Å². The zero-order chi connectivity index (χ0) is 17.5. The first-order chi connectivity index (χ1) is 12.2. The van der Waals surface area contributed by atoms with Crippen LogP contribution < -0.4 is 0 Å². The smallest absolute Gasteiger partial charge is 0.0714 e. The summed E-state index contributed by atoms with van der Waals surface area (Å²) in [6.07, 6.45) is 2.04. The van der Waals surface area contributed by atoms with Crippen LogP contribution in [0, 0.1) is 6.92 Å². The molecule has 0 amide bonds. The van der Waals surface area contributed by atoms with Gasteiger partial charge in [-0.25, -0.2) is 4.99 Å². The Labute approximate surface area is 158 Å². The molecule has 124 valence electrons. The molecule has 25 heavy (non-hydrogen) atoms. The summed E-state index contributed by atoms with van der Waals surface area (Å²) in [4.78, 5) is 5.98. The number of hydrogen-bond donors (Lipinski definition) is 0. The molecule has 0 saturated carbocycles. The van der Waals surface area contributed by atoms with E-state index in [2.05, 4.69) is 36.6 Å². The fourth-order valence-corrected chi connectivity index (χ4v) is 3.03. The second kappa shape index (κ2) is 8.70. The zero-order valence-electron chi connectivity index (χ0n) is 13.9. The number of rotatable bonds is 5. The fraction of sp³-hybridized carbons (Fsp3) is 0.0455. The van der Waals surface area contributed by atoms with Gasteiger partial charge in [-0.1, -0.05) is 71.4 Å². The van der Waals surface area contributed by atoms with Crippen LogP contribution in [0.2, 0.25) is 5.02 Å². The van der Waals surface area contributed by atoms with Gasteiger partial charge in [-0.3, -0.25) is 0 Å². The molecule has 0 atom stereocenters. The maximum absolute atomic E-state index is 6.01. The van der Waals surface area contributed by atoms with Gasteiger partial charge >= 0.3 is 0 Å². The van der Waals surface area contributed by atoms with E-state index in [9.17, 15) is 0 Å². The van der Waals surface area contributed by atoms with E-state index in [0.29, 0.717) is 0 Å². The third kappa shape index (κ3) is 5.35. The lowest BCUT2D eigenvalue weighted by Crippen LogP contribution is -1.95. The van der Waals surface area contributed by atoms with Crippen molar-refractivity contribution in [3.8, 4) is 0 Å². The third-order valence-corrected chi connectivity index (χ3v) is 4.67. The van der Waals surface area contributed by atoms with Crippen LogP contribution in [0.4, 0.5) is 5.69 Å². The molecule has 0 saturated heterocycles. The molecule has 0 unspecified atom stereocenters. The number of para-hydroxylation sites is 1. The quantitative estimate of drug-likeness (QED) is 0.348. The highest BCUT2D eigenvalue weighted by Crippen LogP contribution is 2.21. The first-order valence-electron chi connectivity index (χ1n) is 8.00. The standard InChI is InChI=1S/C22H18ClNS/c1-17-7-13-21(14-8-17)25-16-15-22(18-9-11-19(23)12-10-18)24-20-5-3-2-4-6-20/h2-16H,1H3/b16-15+,24-22?. The van der Waals surface area contributed by atoms with Gasteiger partial charge in [0.1, 0.15) is 0 Å². The summed E-state index contributed by atoms with van der Waals surface area (Å²) < 4.78 is 0. The van der Waals surface area contributed by atoms with Crippen molar-refractivity contribution in [2.75, 3.05) is 0 Å². The number of halogens is 1. The molecule has 0 aliphatic rings. The van der Waals surface area contributed by atoms with Gasteiger partial charge in [0.2, 0.25) is 0 Å². The van der Waals surface area contributed by atoms with Crippen molar-refractivity contribution in [2.24, 2.45) is 4.99 Å². The van der Waals surface area contributed by atoms with Gasteiger partial charge in [0.05, 0.1) is 11.4 Å². The number of hydrogen-bond acceptors (Lipinski definition) is 2. The van der Waals surface area contributed by atoms with E-state index in [0.717, 1.165) is 22.0 Å². The van der Waals surface area contributed by atoms with E-state index in [1.54, 1.807) is 11.8 Å². The van der Waals surface area contributed by atoms with E-state index in [1.807, 2.05) is 60.7 Å². The Kier molecular flexibility index (Phi) is 6.10. The Morgan fingerprint density at radius 1 is 0.880 bits per heavy atom. The number of aryl methyl sites for hydroxylation is 1. The minimum atomic E-state index is 0.723. The normalized spacial score (nSPS) is 11.8. The summed E-state index contributed by atoms with van der Waals surface area (Å²) in [5.41, 5.74) is 4.13. The minimum Gasteiger partial charge on any atom is -0.248 e. The van der Waals surface area contributed by atoms with Crippen molar-refractivity contribution in [3.05, 3.63) is 106 Å². The molecule has 0 radical (unpaired) electrons. The molecule has 0 bridgehead atoms. The predicted octanol–water partition coefficient (Wildman–Crippen LogP) is 7.08.